The maximum atomic E-state index is 9.51. The molecule has 1 N–H and O–H groups in total. The standard InChI is InChI=1S/C10H13N3O2/c1-15-7-3-5-9-11-10-8(14)4-2-6-13(10)12-9/h2,4,6,14H,3,5,7H2,1H3. The Bertz CT molecular complexity index is 453. The highest BCUT2D eigenvalue weighted by molar-refractivity contribution is 5.51. The summed E-state index contributed by atoms with van der Waals surface area (Å²) in [6.45, 7) is 0.696. The molecule has 2 heterocycles. The molecule has 0 saturated heterocycles. The van der Waals surface area contributed by atoms with Crippen molar-refractivity contribution in [3.05, 3.63) is 24.2 Å². The third kappa shape index (κ3) is 2.07. The van der Waals surface area contributed by atoms with Gasteiger partial charge in [0.15, 0.2) is 17.2 Å². The molecule has 0 amide bonds. The lowest BCUT2D eigenvalue weighted by molar-refractivity contribution is 0.194. The van der Waals surface area contributed by atoms with E-state index in [2.05, 4.69) is 10.1 Å². The number of hydrogen-bond donors (Lipinski definition) is 1. The minimum absolute atomic E-state index is 0.156. The molecule has 0 aromatic carbocycles. The lowest BCUT2D eigenvalue weighted by atomic mass is 10.3. The molecule has 0 bridgehead atoms. The molecule has 5 nitrogen and oxygen atoms in total. The van der Waals surface area contributed by atoms with Crippen LogP contribution in [-0.2, 0) is 11.2 Å². The molecule has 2 rings (SSSR count). The fourth-order valence-electron chi connectivity index (χ4n) is 1.42. The van der Waals surface area contributed by atoms with E-state index in [0.29, 0.717) is 12.3 Å². The van der Waals surface area contributed by atoms with E-state index in [1.807, 2.05) is 0 Å². The second-order valence-corrected chi connectivity index (χ2v) is 3.29. The van der Waals surface area contributed by atoms with Crippen molar-refractivity contribution in [3.8, 4) is 5.75 Å². The minimum Gasteiger partial charge on any atom is -0.504 e. The number of methoxy groups -OCH3 is 1. The lowest BCUT2D eigenvalue weighted by Crippen LogP contribution is -1.94. The minimum atomic E-state index is 0.156. The van der Waals surface area contributed by atoms with Gasteiger partial charge in [-0.15, -0.1) is 0 Å². The number of fused-ring (bicyclic) bond motifs is 1. The second kappa shape index (κ2) is 4.27. The van der Waals surface area contributed by atoms with Gasteiger partial charge in [-0.25, -0.2) is 9.50 Å². The van der Waals surface area contributed by atoms with Gasteiger partial charge in [-0.05, 0) is 18.6 Å². The molecule has 2 aromatic rings. The highest BCUT2D eigenvalue weighted by Gasteiger charge is 2.06. The van der Waals surface area contributed by atoms with Gasteiger partial charge in [0.25, 0.3) is 0 Å². The van der Waals surface area contributed by atoms with Gasteiger partial charge in [-0.1, -0.05) is 0 Å². The molecule has 0 aliphatic rings. The molecule has 0 aliphatic carbocycles. The Morgan fingerprint density at radius 2 is 2.40 bits per heavy atom. The van der Waals surface area contributed by atoms with Crippen molar-refractivity contribution in [1.82, 2.24) is 14.6 Å². The van der Waals surface area contributed by atoms with E-state index in [1.54, 1.807) is 30.0 Å². The fraction of sp³-hybridized carbons (Fsp3) is 0.400. The van der Waals surface area contributed by atoms with E-state index in [4.69, 9.17) is 4.74 Å². The largest absolute Gasteiger partial charge is 0.504 e. The van der Waals surface area contributed by atoms with Crippen LogP contribution in [0.25, 0.3) is 5.65 Å². The lowest BCUT2D eigenvalue weighted by Gasteiger charge is -1.93. The first-order valence-corrected chi connectivity index (χ1v) is 4.83. The van der Waals surface area contributed by atoms with Crippen LogP contribution >= 0.6 is 0 Å². The van der Waals surface area contributed by atoms with Crippen molar-refractivity contribution in [3.63, 3.8) is 0 Å². The summed E-state index contributed by atoms with van der Waals surface area (Å²) in [5.74, 6) is 0.886. The summed E-state index contributed by atoms with van der Waals surface area (Å²) >= 11 is 0. The Balaban J connectivity index is 2.20. The predicted octanol–water partition coefficient (Wildman–Crippen LogP) is 1.01. The van der Waals surface area contributed by atoms with Gasteiger partial charge in [-0.2, -0.15) is 5.10 Å². The van der Waals surface area contributed by atoms with Crippen molar-refractivity contribution >= 4 is 5.65 Å². The molecule has 0 radical (unpaired) electrons. The van der Waals surface area contributed by atoms with E-state index in [1.165, 1.54) is 0 Å². The zero-order chi connectivity index (χ0) is 10.7. The zero-order valence-electron chi connectivity index (χ0n) is 8.55. The number of rotatable bonds is 4. The fourth-order valence-corrected chi connectivity index (χ4v) is 1.42. The van der Waals surface area contributed by atoms with Crippen LogP contribution in [0.3, 0.4) is 0 Å². The van der Waals surface area contributed by atoms with Crippen LogP contribution in [0.5, 0.6) is 5.75 Å². The summed E-state index contributed by atoms with van der Waals surface area (Å²) < 4.78 is 6.53. The molecular formula is C10H13N3O2. The van der Waals surface area contributed by atoms with Crippen LogP contribution in [0.1, 0.15) is 12.2 Å². The first kappa shape index (κ1) is 9.92. The molecule has 80 valence electrons. The second-order valence-electron chi connectivity index (χ2n) is 3.29. The average molecular weight is 207 g/mol. The van der Waals surface area contributed by atoms with Crippen molar-refractivity contribution < 1.29 is 9.84 Å². The summed E-state index contributed by atoms with van der Waals surface area (Å²) in [4.78, 5) is 4.23. The average Bonchev–Trinajstić information content (AvgIpc) is 2.63. The number of aromatic nitrogens is 3. The van der Waals surface area contributed by atoms with Crippen LogP contribution in [-0.4, -0.2) is 33.4 Å². The molecule has 0 fully saturated rings. The smallest absolute Gasteiger partial charge is 0.197 e. The van der Waals surface area contributed by atoms with Crippen molar-refractivity contribution in [2.45, 2.75) is 12.8 Å². The monoisotopic (exact) mass is 207 g/mol. The Hall–Kier alpha value is -1.62. The zero-order valence-corrected chi connectivity index (χ0v) is 8.55. The van der Waals surface area contributed by atoms with Gasteiger partial charge in [0, 0.05) is 26.3 Å². The molecule has 2 aromatic heterocycles. The number of pyridine rings is 1. The summed E-state index contributed by atoms with van der Waals surface area (Å²) in [6.07, 6.45) is 3.41. The quantitative estimate of drug-likeness (QED) is 0.760. The molecule has 0 saturated carbocycles. The maximum absolute atomic E-state index is 9.51. The predicted molar refractivity (Wildman–Crippen MR) is 54.8 cm³/mol. The van der Waals surface area contributed by atoms with Crippen LogP contribution in [0.4, 0.5) is 0 Å². The molecule has 0 aliphatic heterocycles. The number of hydrogen-bond acceptors (Lipinski definition) is 4. The first-order chi connectivity index (χ1) is 7.31. The van der Waals surface area contributed by atoms with Crippen molar-refractivity contribution in [2.24, 2.45) is 0 Å². The molecular weight excluding hydrogens is 194 g/mol. The van der Waals surface area contributed by atoms with Gasteiger partial charge < -0.3 is 9.84 Å². The van der Waals surface area contributed by atoms with Gasteiger partial charge in [-0.3, -0.25) is 0 Å². The van der Waals surface area contributed by atoms with Crippen LogP contribution in [0, 0.1) is 0 Å². The number of aromatic hydroxyl groups is 1. The Labute approximate surface area is 87.3 Å². The van der Waals surface area contributed by atoms with Crippen molar-refractivity contribution in [2.75, 3.05) is 13.7 Å². The maximum Gasteiger partial charge on any atom is 0.197 e. The Morgan fingerprint density at radius 1 is 1.53 bits per heavy atom. The topological polar surface area (TPSA) is 59.7 Å². The highest BCUT2D eigenvalue weighted by atomic mass is 16.5. The number of ether oxygens (including phenoxy) is 1. The Morgan fingerprint density at radius 3 is 3.13 bits per heavy atom. The first-order valence-electron chi connectivity index (χ1n) is 4.83. The number of nitrogens with zero attached hydrogens (tertiary/aromatic N) is 3. The normalized spacial score (nSPS) is 11.0. The van der Waals surface area contributed by atoms with Crippen LogP contribution in [0.2, 0.25) is 0 Å². The molecule has 0 spiro atoms. The summed E-state index contributed by atoms with van der Waals surface area (Å²) in [5.41, 5.74) is 0.505. The van der Waals surface area contributed by atoms with Gasteiger partial charge in [0.2, 0.25) is 0 Å². The summed E-state index contributed by atoms with van der Waals surface area (Å²) in [6, 6.07) is 3.33. The van der Waals surface area contributed by atoms with Gasteiger partial charge >= 0.3 is 0 Å². The SMILES string of the molecule is COCCCc1nc2c(O)cccn2n1. The van der Waals surface area contributed by atoms with E-state index in [0.717, 1.165) is 18.7 Å². The van der Waals surface area contributed by atoms with Gasteiger partial charge in [0.05, 0.1) is 0 Å². The van der Waals surface area contributed by atoms with Gasteiger partial charge in [0.1, 0.15) is 0 Å². The van der Waals surface area contributed by atoms with E-state index >= 15 is 0 Å². The van der Waals surface area contributed by atoms with Crippen LogP contribution < -0.4 is 0 Å². The Kier molecular flexibility index (Phi) is 2.82. The molecule has 0 atom stereocenters. The third-order valence-corrected chi connectivity index (χ3v) is 2.13. The van der Waals surface area contributed by atoms with E-state index in [9.17, 15) is 5.11 Å². The molecule has 15 heavy (non-hydrogen) atoms. The third-order valence-electron chi connectivity index (χ3n) is 2.13. The van der Waals surface area contributed by atoms with Crippen LogP contribution in [0.15, 0.2) is 18.3 Å². The van der Waals surface area contributed by atoms with E-state index in [-0.39, 0.29) is 5.75 Å². The van der Waals surface area contributed by atoms with Crippen molar-refractivity contribution in [1.29, 1.82) is 0 Å². The van der Waals surface area contributed by atoms with E-state index < -0.39 is 0 Å². The molecule has 0 unspecified atom stereocenters. The summed E-state index contributed by atoms with van der Waals surface area (Å²) in [5, 5.41) is 13.7. The number of aryl methyl sites for hydroxylation is 1. The highest BCUT2D eigenvalue weighted by Crippen LogP contribution is 2.15. The summed E-state index contributed by atoms with van der Waals surface area (Å²) in [7, 11) is 1.67. The molecule has 5 heteroatoms.